The molecule has 1 amide bonds. The van der Waals surface area contributed by atoms with E-state index >= 15 is 0 Å². The Hall–Kier alpha value is -3.77. The van der Waals surface area contributed by atoms with E-state index < -0.39 is 6.04 Å². The SMILES string of the molecule is COc1ccc(CCN2C(=O)c3oc4ccc(Cl)cc4c(=O)c3[C@@H]2c2ccccc2)cc1OC. The van der Waals surface area contributed by atoms with Gasteiger partial charge in [-0.1, -0.05) is 48.0 Å². The van der Waals surface area contributed by atoms with Gasteiger partial charge in [0.15, 0.2) is 16.9 Å². The Morgan fingerprint density at radius 2 is 1.71 bits per heavy atom. The third-order valence-corrected chi connectivity index (χ3v) is 6.37. The number of hydrogen-bond acceptors (Lipinski definition) is 5. The summed E-state index contributed by atoms with van der Waals surface area (Å²) in [5.41, 5.74) is 2.27. The number of nitrogens with zero attached hydrogens (tertiary/aromatic N) is 1. The number of hydrogen-bond donors (Lipinski definition) is 0. The molecule has 0 saturated carbocycles. The fourth-order valence-electron chi connectivity index (χ4n) is 4.49. The van der Waals surface area contributed by atoms with Gasteiger partial charge in [-0.15, -0.1) is 0 Å². The average Bonchev–Trinajstić information content (AvgIpc) is 3.15. The second-order valence-corrected chi connectivity index (χ2v) is 8.50. The normalized spacial score (nSPS) is 15.0. The summed E-state index contributed by atoms with van der Waals surface area (Å²) in [7, 11) is 3.17. The Bertz CT molecular complexity index is 1450. The average molecular weight is 476 g/mol. The van der Waals surface area contributed by atoms with Crippen LogP contribution in [-0.2, 0) is 6.42 Å². The molecule has 4 aromatic rings. The number of benzene rings is 3. The molecule has 172 valence electrons. The zero-order valence-electron chi connectivity index (χ0n) is 18.7. The molecule has 0 fully saturated rings. The van der Waals surface area contributed by atoms with Gasteiger partial charge in [-0.25, -0.2) is 0 Å². The van der Waals surface area contributed by atoms with Crippen molar-refractivity contribution in [1.29, 1.82) is 0 Å². The van der Waals surface area contributed by atoms with Gasteiger partial charge in [0.1, 0.15) is 5.58 Å². The Balaban J connectivity index is 1.58. The number of halogens is 1. The smallest absolute Gasteiger partial charge is 0.290 e. The lowest BCUT2D eigenvalue weighted by molar-refractivity contribution is 0.0730. The van der Waals surface area contributed by atoms with Crippen molar-refractivity contribution in [2.75, 3.05) is 20.8 Å². The standard InChI is InChI=1S/C27H22ClNO5/c1-32-21-10-8-16(14-22(21)33-2)12-13-29-24(17-6-4-3-5-7-17)23-25(30)19-15-18(28)9-11-20(19)34-26(23)27(29)31/h3-11,14-15,24H,12-13H2,1-2H3/t24-/m0/s1. The number of methoxy groups -OCH3 is 2. The van der Waals surface area contributed by atoms with Crippen LogP contribution in [0.5, 0.6) is 11.5 Å². The van der Waals surface area contributed by atoms with Crippen molar-refractivity contribution in [2.24, 2.45) is 0 Å². The molecule has 1 atom stereocenters. The van der Waals surface area contributed by atoms with Gasteiger partial charge >= 0.3 is 0 Å². The zero-order chi connectivity index (χ0) is 23.8. The molecule has 5 rings (SSSR count). The molecule has 7 heteroatoms. The molecule has 0 radical (unpaired) electrons. The van der Waals surface area contributed by atoms with E-state index in [4.69, 9.17) is 25.5 Å². The van der Waals surface area contributed by atoms with E-state index in [0.29, 0.717) is 46.0 Å². The Morgan fingerprint density at radius 3 is 2.44 bits per heavy atom. The lowest BCUT2D eigenvalue weighted by Gasteiger charge is -2.25. The summed E-state index contributed by atoms with van der Waals surface area (Å²) < 4.78 is 16.7. The first-order valence-corrected chi connectivity index (χ1v) is 11.2. The highest BCUT2D eigenvalue weighted by molar-refractivity contribution is 6.31. The molecule has 0 bridgehead atoms. The highest BCUT2D eigenvalue weighted by Crippen LogP contribution is 2.38. The van der Waals surface area contributed by atoms with Crippen molar-refractivity contribution in [2.45, 2.75) is 12.5 Å². The number of rotatable bonds is 6. The van der Waals surface area contributed by atoms with E-state index in [2.05, 4.69) is 0 Å². The Morgan fingerprint density at radius 1 is 0.941 bits per heavy atom. The fourth-order valence-corrected chi connectivity index (χ4v) is 4.66. The quantitative estimate of drug-likeness (QED) is 0.381. The number of carbonyl (C=O) groups is 1. The minimum atomic E-state index is -0.552. The molecule has 0 aliphatic carbocycles. The highest BCUT2D eigenvalue weighted by Gasteiger charge is 2.42. The number of carbonyl (C=O) groups excluding carboxylic acids is 1. The van der Waals surface area contributed by atoms with E-state index in [0.717, 1.165) is 11.1 Å². The minimum absolute atomic E-state index is 0.0842. The summed E-state index contributed by atoms with van der Waals surface area (Å²) in [6.45, 7) is 0.384. The molecule has 1 aliphatic heterocycles. The Labute approximate surface area is 201 Å². The van der Waals surface area contributed by atoms with Gasteiger partial charge in [-0.2, -0.15) is 0 Å². The van der Waals surface area contributed by atoms with E-state index in [1.54, 1.807) is 37.3 Å². The van der Waals surface area contributed by atoms with E-state index in [9.17, 15) is 9.59 Å². The number of fused-ring (bicyclic) bond motifs is 2. The predicted molar refractivity (Wildman–Crippen MR) is 130 cm³/mol. The van der Waals surface area contributed by atoms with Gasteiger partial charge in [0.25, 0.3) is 5.91 Å². The summed E-state index contributed by atoms with van der Waals surface area (Å²) in [5.74, 6) is 1.04. The predicted octanol–water partition coefficient (Wildman–Crippen LogP) is 5.25. The first kappa shape index (κ1) is 22.0. The van der Waals surface area contributed by atoms with Crippen molar-refractivity contribution >= 4 is 28.5 Å². The van der Waals surface area contributed by atoms with Gasteiger partial charge in [0.2, 0.25) is 5.76 Å². The lowest BCUT2D eigenvalue weighted by atomic mass is 9.98. The van der Waals surface area contributed by atoms with Crippen LogP contribution in [0.3, 0.4) is 0 Å². The maximum Gasteiger partial charge on any atom is 0.290 e. The molecule has 0 unspecified atom stereocenters. The van der Waals surface area contributed by atoms with Crippen LogP contribution < -0.4 is 14.9 Å². The third-order valence-electron chi connectivity index (χ3n) is 6.13. The molecular weight excluding hydrogens is 454 g/mol. The van der Waals surface area contributed by atoms with Crippen LogP contribution in [0.15, 0.2) is 75.9 Å². The lowest BCUT2D eigenvalue weighted by Crippen LogP contribution is -2.31. The third kappa shape index (κ3) is 3.70. The first-order chi connectivity index (χ1) is 16.5. The largest absolute Gasteiger partial charge is 0.493 e. The molecule has 6 nitrogen and oxygen atoms in total. The molecule has 3 aromatic carbocycles. The topological polar surface area (TPSA) is 69.0 Å². The van der Waals surface area contributed by atoms with Gasteiger partial charge in [0.05, 0.1) is 31.2 Å². The van der Waals surface area contributed by atoms with Crippen molar-refractivity contribution in [1.82, 2.24) is 4.90 Å². The monoisotopic (exact) mass is 475 g/mol. The molecule has 0 N–H and O–H groups in total. The van der Waals surface area contributed by atoms with Crippen molar-refractivity contribution in [3.63, 3.8) is 0 Å². The summed E-state index contributed by atoms with van der Waals surface area (Å²) >= 11 is 6.14. The first-order valence-electron chi connectivity index (χ1n) is 10.8. The maximum absolute atomic E-state index is 13.5. The van der Waals surface area contributed by atoms with E-state index in [1.165, 1.54) is 0 Å². The van der Waals surface area contributed by atoms with Gasteiger partial charge < -0.3 is 18.8 Å². The zero-order valence-corrected chi connectivity index (χ0v) is 19.5. The van der Waals surface area contributed by atoms with Gasteiger partial charge in [0, 0.05) is 11.6 Å². The van der Waals surface area contributed by atoms with Crippen LogP contribution >= 0.6 is 11.6 Å². The van der Waals surface area contributed by atoms with Gasteiger partial charge in [-0.05, 0) is 47.9 Å². The highest BCUT2D eigenvalue weighted by atomic mass is 35.5. The van der Waals surface area contributed by atoms with Gasteiger partial charge in [-0.3, -0.25) is 9.59 Å². The molecule has 0 spiro atoms. The summed E-state index contributed by atoms with van der Waals surface area (Å²) in [6, 6.07) is 19.5. The summed E-state index contributed by atoms with van der Waals surface area (Å²) in [4.78, 5) is 28.8. The molecule has 0 saturated heterocycles. The Kier molecular flexibility index (Phi) is 5.75. The summed E-state index contributed by atoms with van der Waals surface area (Å²) in [6.07, 6.45) is 0.558. The molecular formula is C27H22ClNO5. The second kappa shape index (κ2) is 8.88. The van der Waals surface area contributed by atoms with Crippen LogP contribution in [-0.4, -0.2) is 31.6 Å². The molecule has 2 heterocycles. The van der Waals surface area contributed by atoms with Crippen LogP contribution in [0, 0.1) is 0 Å². The molecule has 34 heavy (non-hydrogen) atoms. The van der Waals surface area contributed by atoms with Crippen molar-refractivity contribution in [3.05, 3.63) is 104 Å². The van der Waals surface area contributed by atoms with Crippen molar-refractivity contribution < 1.29 is 18.7 Å². The molecule has 1 aromatic heterocycles. The van der Waals surface area contributed by atoms with Crippen LogP contribution in [0.2, 0.25) is 5.02 Å². The number of amides is 1. The van der Waals surface area contributed by atoms with E-state index in [1.807, 2.05) is 48.5 Å². The number of ether oxygens (including phenoxy) is 2. The van der Waals surface area contributed by atoms with Crippen LogP contribution in [0.4, 0.5) is 0 Å². The fraction of sp³-hybridized carbons (Fsp3) is 0.185. The van der Waals surface area contributed by atoms with Crippen LogP contribution in [0.25, 0.3) is 11.0 Å². The van der Waals surface area contributed by atoms with Crippen LogP contribution in [0.1, 0.15) is 33.3 Å². The molecule has 1 aliphatic rings. The van der Waals surface area contributed by atoms with Crippen molar-refractivity contribution in [3.8, 4) is 11.5 Å². The van der Waals surface area contributed by atoms with E-state index in [-0.39, 0.29) is 17.1 Å². The second-order valence-electron chi connectivity index (χ2n) is 8.07. The minimum Gasteiger partial charge on any atom is -0.493 e. The summed E-state index contributed by atoms with van der Waals surface area (Å²) in [5, 5.41) is 0.798. The maximum atomic E-state index is 13.5.